The molecule has 0 aliphatic carbocycles. The number of nitrogens with zero attached hydrogens (tertiary/aromatic N) is 1. The van der Waals surface area contributed by atoms with Gasteiger partial charge in [-0.3, -0.25) is 9.59 Å². The standard InChI is InChI=1S/C22H22N2O4/c1-14(2)17-9-8-15(3)10-20(17)28-13-21(25)24-23-11-16-12-27-19-7-5-4-6-18(19)22(16)26/h4-12,14H,13H2,1-3H3,(H,24,25). The van der Waals surface area contributed by atoms with Gasteiger partial charge in [0.05, 0.1) is 17.2 Å². The highest BCUT2D eigenvalue weighted by Crippen LogP contribution is 2.27. The molecule has 1 N–H and O–H groups in total. The van der Waals surface area contributed by atoms with Gasteiger partial charge in [-0.25, -0.2) is 5.43 Å². The number of amides is 1. The molecule has 0 aliphatic heterocycles. The van der Waals surface area contributed by atoms with Crippen LogP contribution in [0.4, 0.5) is 0 Å². The van der Waals surface area contributed by atoms with Crippen molar-refractivity contribution in [2.75, 3.05) is 6.61 Å². The second-order valence-electron chi connectivity index (χ2n) is 6.79. The number of carbonyl (C=O) groups excluding carboxylic acids is 1. The molecule has 6 nitrogen and oxygen atoms in total. The number of nitrogens with one attached hydrogen (secondary N) is 1. The van der Waals surface area contributed by atoms with E-state index in [-0.39, 0.29) is 23.5 Å². The normalized spacial score (nSPS) is 11.3. The summed E-state index contributed by atoms with van der Waals surface area (Å²) in [5, 5.41) is 4.29. The number of rotatable bonds is 6. The fraction of sp³-hybridized carbons (Fsp3) is 0.227. The number of hydrogen-bond acceptors (Lipinski definition) is 5. The first kappa shape index (κ1) is 19.4. The lowest BCUT2D eigenvalue weighted by Crippen LogP contribution is -2.25. The zero-order chi connectivity index (χ0) is 20.1. The Hall–Kier alpha value is -3.41. The molecule has 0 saturated heterocycles. The van der Waals surface area contributed by atoms with E-state index >= 15 is 0 Å². The highest BCUT2D eigenvalue weighted by atomic mass is 16.5. The number of aryl methyl sites for hydroxylation is 1. The summed E-state index contributed by atoms with van der Waals surface area (Å²) in [6.45, 7) is 5.93. The summed E-state index contributed by atoms with van der Waals surface area (Å²) in [5.74, 6) is 0.547. The first-order chi connectivity index (χ1) is 13.5. The van der Waals surface area contributed by atoms with Gasteiger partial charge in [-0.05, 0) is 42.2 Å². The molecule has 28 heavy (non-hydrogen) atoms. The molecule has 0 fully saturated rings. The molecule has 0 spiro atoms. The molecule has 0 atom stereocenters. The van der Waals surface area contributed by atoms with Crippen molar-refractivity contribution < 1.29 is 13.9 Å². The van der Waals surface area contributed by atoms with Crippen molar-refractivity contribution in [3.05, 3.63) is 75.6 Å². The van der Waals surface area contributed by atoms with Crippen molar-refractivity contribution >= 4 is 23.1 Å². The molecule has 0 radical (unpaired) electrons. The Kier molecular flexibility index (Phi) is 5.89. The SMILES string of the molecule is Cc1ccc(C(C)C)c(OCC(=O)NN=Cc2coc3ccccc3c2=O)c1. The van der Waals surface area contributed by atoms with Gasteiger partial charge in [0.1, 0.15) is 17.6 Å². The average Bonchev–Trinajstić information content (AvgIpc) is 2.68. The van der Waals surface area contributed by atoms with Crippen LogP contribution in [0.1, 0.15) is 36.5 Å². The summed E-state index contributed by atoms with van der Waals surface area (Å²) < 4.78 is 11.1. The van der Waals surface area contributed by atoms with Crippen LogP contribution in [0.5, 0.6) is 5.75 Å². The topological polar surface area (TPSA) is 80.9 Å². The van der Waals surface area contributed by atoms with Gasteiger partial charge in [-0.2, -0.15) is 5.10 Å². The maximum atomic E-state index is 12.4. The molecule has 0 bridgehead atoms. The van der Waals surface area contributed by atoms with Crippen LogP contribution in [0.3, 0.4) is 0 Å². The molecule has 1 heterocycles. The van der Waals surface area contributed by atoms with Crippen LogP contribution in [0.2, 0.25) is 0 Å². The number of ether oxygens (including phenoxy) is 1. The number of benzene rings is 2. The third kappa shape index (κ3) is 4.46. The largest absolute Gasteiger partial charge is 0.483 e. The van der Waals surface area contributed by atoms with Crippen LogP contribution in [0, 0.1) is 6.92 Å². The number of carbonyl (C=O) groups is 1. The van der Waals surface area contributed by atoms with E-state index < -0.39 is 5.91 Å². The minimum atomic E-state index is -0.419. The maximum absolute atomic E-state index is 12.4. The van der Waals surface area contributed by atoms with E-state index in [2.05, 4.69) is 24.4 Å². The monoisotopic (exact) mass is 378 g/mol. The molecule has 3 aromatic rings. The van der Waals surface area contributed by atoms with Gasteiger partial charge in [0.2, 0.25) is 5.43 Å². The third-order valence-electron chi connectivity index (χ3n) is 4.25. The number of hydrogen-bond donors (Lipinski definition) is 1. The summed E-state index contributed by atoms with van der Waals surface area (Å²) in [6, 6.07) is 12.9. The van der Waals surface area contributed by atoms with Crippen LogP contribution in [-0.4, -0.2) is 18.7 Å². The van der Waals surface area contributed by atoms with Crippen LogP contribution >= 0.6 is 0 Å². The molecular formula is C22H22N2O4. The quantitative estimate of drug-likeness (QED) is 0.523. The van der Waals surface area contributed by atoms with E-state index in [0.29, 0.717) is 16.7 Å². The van der Waals surface area contributed by atoms with Crippen LogP contribution in [0.25, 0.3) is 11.0 Å². The van der Waals surface area contributed by atoms with Gasteiger partial charge < -0.3 is 9.15 Å². The number of para-hydroxylation sites is 1. The average molecular weight is 378 g/mol. The van der Waals surface area contributed by atoms with Crippen molar-refractivity contribution in [2.24, 2.45) is 5.10 Å². The molecular weight excluding hydrogens is 356 g/mol. The van der Waals surface area contributed by atoms with E-state index in [1.807, 2.05) is 25.1 Å². The second kappa shape index (κ2) is 8.52. The summed E-state index contributed by atoms with van der Waals surface area (Å²) in [4.78, 5) is 24.4. The van der Waals surface area contributed by atoms with Gasteiger partial charge in [-0.15, -0.1) is 0 Å². The Morgan fingerprint density at radius 2 is 2.04 bits per heavy atom. The highest BCUT2D eigenvalue weighted by molar-refractivity contribution is 5.87. The predicted molar refractivity (Wildman–Crippen MR) is 109 cm³/mol. The lowest BCUT2D eigenvalue weighted by atomic mass is 10.0. The first-order valence-electron chi connectivity index (χ1n) is 9.01. The van der Waals surface area contributed by atoms with E-state index in [4.69, 9.17) is 9.15 Å². The van der Waals surface area contributed by atoms with Gasteiger partial charge in [0.15, 0.2) is 6.61 Å². The summed E-state index contributed by atoms with van der Waals surface area (Å²) >= 11 is 0. The Morgan fingerprint density at radius 3 is 2.82 bits per heavy atom. The smallest absolute Gasteiger partial charge is 0.277 e. The lowest BCUT2D eigenvalue weighted by molar-refractivity contribution is -0.123. The van der Waals surface area contributed by atoms with E-state index in [1.165, 1.54) is 12.5 Å². The predicted octanol–water partition coefficient (Wildman–Crippen LogP) is 3.75. The maximum Gasteiger partial charge on any atom is 0.277 e. The second-order valence-corrected chi connectivity index (χ2v) is 6.79. The third-order valence-corrected chi connectivity index (χ3v) is 4.25. The van der Waals surface area contributed by atoms with Crippen molar-refractivity contribution in [3.8, 4) is 5.75 Å². The number of fused-ring (bicyclic) bond motifs is 1. The fourth-order valence-corrected chi connectivity index (χ4v) is 2.77. The molecule has 2 aromatic carbocycles. The molecule has 144 valence electrons. The van der Waals surface area contributed by atoms with E-state index in [1.54, 1.807) is 24.3 Å². The Bertz CT molecular complexity index is 1080. The van der Waals surface area contributed by atoms with Crippen LogP contribution < -0.4 is 15.6 Å². The minimum absolute atomic E-state index is 0.174. The van der Waals surface area contributed by atoms with Crippen molar-refractivity contribution in [3.63, 3.8) is 0 Å². The number of hydrazone groups is 1. The van der Waals surface area contributed by atoms with Crippen molar-refractivity contribution in [1.82, 2.24) is 5.43 Å². The zero-order valence-corrected chi connectivity index (χ0v) is 16.1. The molecule has 6 heteroatoms. The van der Waals surface area contributed by atoms with Crippen molar-refractivity contribution in [2.45, 2.75) is 26.7 Å². The molecule has 3 rings (SSSR count). The van der Waals surface area contributed by atoms with Gasteiger partial charge in [0, 0.05) is 0 Å². The summed E-state index contributed by atoms with van der Waals surface area (Å²) in [6.07, 6.45) is 2.58. The highest BCUT2D eigenvalue weighted by Gasteiger charge is 2.10. The molecule has 0 saturated carbocycles. The van der Waals surface area contributed by atoms with E-state index in [0.717, 1.165) is 11.1 Å². The van der Waals surface area contributed by atoms with E-state index in [9.17, 15) is 9.59 Å². The summed E-state index contributed by atoms with van der Waals surface area (Å²) in [5.41, 5.74) is 5.00. The van der Waals surface area contributed by atoms with Gasteiger partial charge in [0.25, 0.3) is 5.91 Å². The zero-order valence-electron chi connectivity index (χ0n) is 16.1. The van der Waals surface area contributed by atoms with Crippen LogP contribution in [0.15, 0.2) is 63.0 Å². The Morgan fingerprint density at radius 1 is 1.25 bits per heavy atom. The lowest BCUT2D eigenvalue weighted by Gasteiger charge is -2.14. The minimum Gasteiger partial charge on any atom is -0.483 e. The molecule has 1 aromatic heterocycles. The summed E-state index contributed by atoms with van der Waals surface area (Å²) in [7, 11) is 0. The Labute approximate surface area is 162 Å². The van der Waals surface area contributed by atoms with Gasteiger partial charge in [-0.1, -0.05) is 38.1 Å². The van der Waals surface area contributed by atoms with Gasteiger partial charge >= 0.3 is 0 Å². The fourth-order valence-electron chi connectivity index (χ4n) is 2.77. The molecule has 0 unspecified atom stereocenters. The van der Waals surface area contributed by atoms with Crippen molar-refractivity contribution in [1.29, 1.82) is 0 Å². The Balaban J connectivity index is 1.63. The first-order valence-corrected chi connectivity index (χ1v) is 9.01. The molecule has 1 amide bonds. The van der Waals surface area contributed by atoms with Crippen LogP contribution in [-0.2, 0) is 4.79 Å². The molecule has 0 aliphatic rings.